The largest absolute Gasteiger partial charge is 0.309 e. The Bertz CT molecular complexity index is 2270. The van der Waals surface area contributed by atoms with Gasteiger partial charge in [-0.2, -0.15) is 0 Å². The summed E-state index contributed by atoms with van der Waals surface area (Å²) < 4.78 is 15.2. The summed E-state index contributed by atoms with van der Waals surface area (Å²) >= 11 is 0. The van der Waals surface area contributed by atoms with Crippen molar-refractivity contribution < 1.29 is 4.57 Å². The Labute approximate surface area is 243 Å². The number of fused-ring (bicyclic) bond motifs is 8. The van der Waals surface area contributed by atoms with Crippen LogP contribution in [0.5, 0.6) is 0 Å². The normalized spacial score (nSPS) is 11.9. The summed E-state index contributed by atoms with van der Waals surface area (Å²) in [4.78, 5) is 10.2. The summed E-state index contributed by atoms with van der Waals surface area (Å²) in [6, 6.07) is 48.7. The van der Waals surface area contributed by atoms with Crippen LogP contribution in [0.25, 0.3) is 54.6 Å². The van der Waals surface area contributed by atoms with Crippen LogP contribution in [0.3, 0.4) is 0 Å². The molecule has 0 bridgehead atoms. The standard InChI is InChI=1S/C38H25N2OP/c41-42(27-15-6-2-7-16-27,28-17-8-3-9-18-28)29-22-23-32-34(25-29)40-37(26-13-4-1-5-14-26)36-33-21-12-24-39-38(33)31-20-11-10-19-30(31)35(32)36/h1-25H. The zero-order valence-corrected chi connectivity index (χ0v) is 23.6. The average Bonchev–Trinajstić information content (AvgIpc) is 3.08. The SMILES string of the molecule is O=P(c1ccccc1)(c1ccccc1)c1ccc2c(c1)nc(-c1ccccc1)c1c3cccnc3c3ccccc3c21. The molecule has 0 radical (unpaired) electrons. The highest BCUT2D eigenvalue weighted by molar-refractivity contribution is 7.85. The van der Waals surface area contributed by atoms with E-state index in [-0.39, 0.29) is 0 Å². The van der Waals surface area contributed by atoms with E-state index in [1.54, 1.807) is 0 Å². The van der Waals surface area contributed by atoms with Gasteiger partial charge in [-0.1, -0.05) is 133 Å². The van der Waals surface area contributed by atoms with Crippen molar-refractivity contribution >= 4 is 66.4 Å². The van der Waals surface area contributed by atoms with Crippen LogP contribution in [-0.2, 0) is 4.57 Å². The predicted molar refractivity (Wildman–Crippen MR) is 177 cm³/mol. The minimum absolute atomic E-state index is 0.769. The van der Waals surface area contributed by atoms with Crippen molar-refractivity contribution in [2.45, 2.75) is 0 Å². The highest BCUT2D eigenvalue weighted by atomic mass is 31.2. The third-order valence-electron chi connectivity index (χ3n) is 8.15. The van der Waals surface area contributed by atoms with Gasteiger partial charge in [0.15, 0.2) is 7.14 Å². The number of rotatable bonds is 4. The van der Waals surface area contributed by atoms with Gasteiger partial charge >= 0.3 is 0 Å². The molecule has 2 heterocycles. The smallest absolute Gasteiger partial charge is 0.171 e. The molecule has 198 valence electrons. The summed E-state index contributed by atoms with van der Waals surface area (Å²) in [6.07, 6.45) is 1.86. The van der Waals surface area contributed by atoms with E-state index in [0.29, 0.717) is 0 Å². The van der Waals surface area contributed by atoms with Gasteiger partial charge in [0.1, 0.15) is 0 Å². The third-order valence-corrected chi connectivity index (χ3v) is 11.2. The Morgan fingerprint density at radius 2 is 1.07 bits per heavy atom. The lowest BCUT2D eigenvalue weighted by Gasteiger charge is -2.21. The molecular weight excluding hydrogens is 531 g/mol. The number of pyridine rings is 2. The number of aromatic nitrogens is 2. The van der Waals surface area contributed by atoms with Crippen LogP contribution in [0.15, 0.2) is 152 Å². The fourth-order valence-corrected chi connectivity index (χ4v) is 8.92. The molecule has 0 fully saturated rings. The first kappa shape index (κ1) is 24.7. The molecule has 0 saturated carbocycles. The molecule has 42 heavy (non-hydrogen) atoms. The average molecular weight is 557 g/mol. The third kappa shape index (κ3) is 3.71. The number of hydrogen-bond donors (Lipinski definition) is 0. The summed E-state index contributed by atoms with van der Waals surface area (Å²) in [5, 5.41) is 8.94. The van der Waals surface area contributed by atoms with Crippen molar-refractivity contribution in [1.29, 1.82) is 0 Å². The van der Waals surface area contributed by atoms with Crippen molar-refractivity contribution in [3.05, 3.63) is 152 Å². The molecule has 8 rings (SSSR count). The first-order valence-electron chi connectivity index (χ1n) is 14.0. The minimum atomic E-state index is -3.17. The van der Waals surface area contributed by atoms with Crippen molar-refractivity contribution in [3.8, 4) is 11.3 Å². The van der Waals surface area contributed by atoms with Gasteiger partial charge in [-0.15, -0.1) is 0 Å². The maximum Gasteiger partial charge on any atom is 0.171 e. The Morgan fingerprint density at radius 1 is 0.476 bits per heavy atom. The maximum absolute atomic E-state index is 15.2. The lowest BCUT2D eigenvalue weighted by Crippen LogP contribution is -2.25. The van der Waals surface area contributed by atoms with Crippen molar-refractivity contribution in [2.24, 2.45) is 0 Å². The minimum Gasteiger partial charge on any atom is -0.309 e. The van der Waals surface area contributed by atoms with E-state index in [2.05, 4.69) is 48.5 Å². The maximum atomic E-state index is 15.2. The lowest BCUT2D eigenvalue weighted by molar-refractivity contribution is 0.592. The van der Waals surface area contributed by atoms with Crippen molar-refractivity contribution in [2.75, 3.05) is 0 Å². The van der Waals surface area contributed by atoms with Crippen LogP contribution in [0.1, 0.15) is 0 Å². The first-order valence-corrected chi connectivity index (χ1v) is 15.7. The second kappa shape index (κ2) is 9.76. The molecule has 0 atom stereocenters. The first-order chi connectivity index (χ1) is 20.7. The second-order valence-corrected chi connectivity index (χ2v) is 13.3. The molecule has 2 aromatic heterocycles. The zero-order valence-electron chi connectivity index (χ0n) is 22.7. The van der Waals surface area contributed by atoms with Gasteiger partial charge in [0, 0.05) is 54.6 Å². The highest BCUT2D eigenvalue weighted by Gasteiger charge is 2.30. The van der Waals surface area contributed by atoms with E-state index in [1.807, 2.05) is 103 Å². The number of benzene rings is 6. The quantitative estimate of drug-likeness (QED) is 0.162. The van der Waals surface area contributed by atoms with Gasteiger partial charge in [-0.05, 0) is 17.5 Å². The summed E-state index contributed by atoms with van der Waals surface area (Å²) in [5.41, 5.74) is 3.71. The molecule has 0 aliphatic carbocycles. The summed E-state index contributed by atoms with van der Waals surface area (Å²) in [5.74, 6) is 0. The Hall–Kier alpha value is -5.11. The van der Waals surface area contributed by atoms with Gasteiger partial charge in [0.05, 0.1) is 16.7 Å². The van der Waals surface area contributed by atoms with E-state index in [9.17, 15) is 0 Å². The van der Waals surface area contributed by atoms with E-state index in [0.717, 1.165) is 70.5 Å². The molecule has 0 N–H and O–H groups in total. The number of nitrogens with zero attached hydrogens (tertiary/aromatic N) is 2. The summed E-state index contributed by atoms with van der Waals surface area (Å²) in [6.45, 7) is 0. The Kier molecular flexibility index (Phi) is 5.73. The zero-order chi connectivity index (χ0) is 28.1. The lowest BCUT2D eigenvalue weighted by atomic mass is 9.92. The van der Waals surface area contributed by atoms with Crippen LogP contribution in [-0.4, -0.2) is 9.97 Å². The topological polar surface area (TPSA) is 42.9 Å². The van der Waals surface area contributed by atoms with Crippen molar-refractivity contribution in [1.82, 2.24) is 9.97 Å². The molecule has 6 aromatic carbocycles. The fraction of sp³-hybridized carbons (Fsp3) is 0. The van der Waals surface area contributed by atoms with Gasteiger partial charge in [-0.3, -0.25) is 4.98 Å². The van der Waals surface area contributed by atoms with Crippen LogP contribution in [0, 0.1) is 0 Å². The summed E-state index contributed by atoms with van der Waals surface area (Å²) in [7, 11) is -3.17. The van der Waals surface area contributed by atoms with E-state index in [4.69, 9.17) is 9.97 Å². The molecule has 0 amide bonds. The molecular formula is C38H25N2OP. The highest BCUT2D eigenvalue weighted by Crippen LogP contribution is 2.45. The van der Waals surface area contributed by atoms with Crippen LogP contribution in [0.4, 0.5) is 0 Å². The van der Waals surface area contributed by atoms with Crippen LogP contribution >= 0.6 is 7.14 Å². The predicted octanol–water partition coefficient (Wildman–Crippen LogP) is 8.40. The van der Waals surface area contributed by atoms with Crippen LogP contribution in [0.2, 0.25) is 0 Å². The molecule has 3 nitrogen and oxygen atoms in total. The molecule has 0 spiro atoms. The Morgan fingerprint density at radius 3 is 1.76 bits per heavy atom. The molecule has 0 saturated heterocycles. The van der Waals surface area contributed by atoms with Gasteiger partial charge in [0.25, 0.3) is 0 Å². The monoisotopic (exact) mass is 556 g/mol. The molecule has 0 aliphatic rings. The van der Waals surface area contributed by atoms with Gasteiger partial charge in [0.2, 0.25) is 0 Å². The molecule has 0 unspecified atom stereocenters. The van der Waals surface area contributed by atoms with Crippen molar-refractivity contribution in [3.63, 3.8) is 0 Å². The second-order valence-electron chi connectivity index (χ2n) is 10.5. The Balaban J connectivity index is 1.54. The fourth-order valence-electron chi connectivity index (χ4n) is 6.25. The van der Waals surface area contributed by atoms with E-state index < -0.39 is 7.14 Å². The van der Waals surface area contributed by atoms with E-state index in [1.165, 1.54) is 0 Å². The van der Waals surface area contributed by atoms with Gasteiger partial charge in [-0.25, -0.2) is 4.98 Å². The van der Waals surface area contributed by atoms with Crippen LogP contribution < -0.4 is 15.9 Å². The molecule has 0 aliphatic heterocycles. The van der Waals surface area contributed by atoms with Gasteiger partial charge < -0.3 is 4.57 Å². The number of hydrogen-bond acceptors (Lipinski definition) is 3. The molecule has 4 heteroatoms. The molecule has 8 aromatic rings. The van der Waals surface area contributed by atoms with E-state index >= 15 is 4.57 Å².